The third-order valence-corrected chi connectivity index (χ3v) is 3.88. The monoisotopic (exact) mass is 388 g/mol. The molecule has 0 radical (unpaired) electrons. The van der Waals surface area contributed by atoms with E-state index in [9.17, 15) is 53.4 Å². The van der Waals surface area contributed by atoms with Gasteiger partial charge in [-0.2, -0.15) is 34.8 Å². The Hall–Kier alpha value is -0.485. The maximum atomic E-state index is 12.0. The summed E-state index contributed by atoms with van der Waals surface area (Å²) in [7, 11) is -12.8. The molecule has 0 aliphatic carbocycles. The molecular formula is C6F6Li2N2O6S2. The molecule has 0 fully saturated rings. The summed E-state index contributed by atoms with van der Waals surface area (Å²) in [5.41, 5.74) is -16.0. The first-order chi connectivity index (χ1) is 9.51. The fraction of sp³-hybridized carbons (Fsp3) is 0.333. The van der Waals surface area contributed by atoms with Crippen molar-refractivity contribution in [3.63, 3.8) is 0 Å². The minimum Gasteiger partial charge on any atom is -0.868 e. The van der Waals surface area contributed by atoms with Crippen LogP contribution < -0.4 is 53.6 Å². The van der Waals surface area contributed by atoms with Crippen molar-refractivity contribution in [2.75, 3.05) is 0 Å². The normalized spacial score (nSPS) is 16.0. The molecule has 1 unspecified atom stereocenters. The van der Waals surface area contributed by atoms with E-state index in [-0.39, 0.29) is 37.7 Å². The van der Waals surface area contributed by atoms with Gasteiger partial charge in [-0.15, -0.1) is 4.40 Å². The Morgan fingerprint density at radius 3 is 1.67 bits per heavy atom. The molecule has 0 spiro atoms. The van der Waals surface area contributed by atoms with Crippen molar-refractivity contribution in [2.45, 2.75) is 11.0 Å². The van der Waals surface area contributed by atoms with Crippen molar-refractivity contribution in [3.8, 4) is 5.75 Å². The fourth-order valence-corrected chi connectivity index (χ4v) is 1.91. The van der Waals surface area contributed by atoms with Gasteiger partial charge in [-0.25, -0.2) is 4.36 Å². The van der Waals surface area contributed by atoms with E-state index in [0.717, 1.165) is 0 Å². The Labute approximate surface area is 153 Å². The molecule has 0 aliphatic heterocycles. The molecule has 0 aromatic heterocycles. The number of halogens is 6. The summed E-state index contributed by atoms with van der Waals surface area (Å²) in [6, 6.07) is 0. The van der Waals surface area contributed by atoms with Crippen molar-refractivity contribution in [3.05, 3.63) is 15.6 Å². The van der Waals surface area contributed by atoms with Gasteiger partial charge in [0.2, 0.25) is 5.43 Å². The number of alkyl halides is 6. The molecule has 0 amide bonds. The van der Waals surface area contributed by atoms with Crippen LogP contribution in [0.25, 0.3) is 0 Å². The van der Waals surface area contributed by atoms with Gasteiger partial charge in [0.15, 0.2) is 0 Å². The predicted molar refractivity (Wildman–Crippen MR) is 52.1 cm³/mol. The molecule has 0 saturated heterocycles. The number of hydrogen-bond acceptors (Lipinski definition) is 7. The third-order valence-electron chi connectivity index (χ3n) is 1.87. The van der Waals surface area contributed by atoms with E-state index in [4.69, 9.17) is 0 Å². The largest absolute Gasteiger partial charge is 1.00 e. The summed E-state index contributed by atoms with van der Waals surface area (Å²) < 4.78 is 118. The van der Waals surface area contributed by atoms with Gasteiger partial charge >= 0.3 is 58.8 Å². The first-order valence-electron chi connectivity index (χ1n) is 4.43. The Bertz CT molecular complexity index is 919. The SMILES string of the molecule is O=c1c([O-])c(N=S(=O)([O-])C(F)(F)F)c1=NS(=O)(=O)C(F)(F)F.[Li+].[Li+]. The average molecular weight is 388 g/mol. The molecule has 1 atom stereocenters. The van der Waals surface area contributed by atoms with E-state index < -0.39 is 53.3 Å². The molecule has 0 N–H and O–H groups in total. The minimum absolute atomic E-state index is 0. The van der Waals surface area contributed by atoms with E-state index >= 15 is 0 Å². The first kappa shape index (κ1) is 25.8. The second-order valence-corrected chi connectivity index (χ2v) is 6.57. The summed E-state index contributed by atoms with van der Waals surface area (Å²) in [4.78, 5) is 10.8. The van der Waals surface area contributed by atoms with Gasteiger partial charge in [-0.1, -0.05) is 0 Å². The Morgan fingerprint density at radius 2 is 1.33 bits per heavy atom. The van der Waals surface area contributed by atoms with Crippen LogP contribution in [0, 0.1) is 0 Å². The van der Waals surface area contributed by atoms with Crippen LogP contribution in [-0.4, -0.2) is 28.2 Å². The van der Waals surface area contributed by atoms with Gasteiger partial charge in [0, 0.05) is 0 Å². The van der Waals surface area contributed by atoms with Gasteiger partial charge in [0.1, 0.15) is 5.36 Å². The van der Waals surface area contributed by atoms with Crippen LogP contribution in [0.1, 0.15) is 0 Å². The quantitative estimate of drug-likeness (QED) is 0.365. The Morgan fingerprint density at radius 1 is 0.917 bits per heavy atom. The Balaban J connectivity index is 0. The van der Waals surface area contributed by atoms with E-state index in [2.05, 4.69) is 0 Å². The summed E-state index contributed by atoms with van der Waals surface area (Å²) in [5, 5.41) is 8.89. The van der Waals surface area contributed by atoms with Crippen molar-refractivity contribution in [1.82, 2.24) is 0 Å². The second-order valence-electron chi connectivity index (χ2n) is 3.38. The molecule has 126 valence electrons. The molecule has 1 aromatic carbocycles. The number of nitrogens with zero attached hydrogens (tertiary/aromatic N) is 2. The van der Waals surface area contributed by atoms with Crippen molar-refractivity contribution in [1.29, 1.82) is 0 Å². The third kappa shape index (κ3) is 4.78. The average Bonchev–Trinajstić information content (AvgIpc) is 2.30. The van der Waals surface area contributed by atoms with Crippen LogP contribution >= 0.6 is 0 Å². The van der Waals surface area contributed by atoms with E-state index in [1.54, 1.807) is 8.76 Å². The van der Waals surface area contributed by atoms with E-state index in [1.807, 2.05) is 0 Å². The van der Waals surface area contributed by atoms with Crippen LogP contribution in [0.15, 0.2) is 13.6 Å². The zero-order chi connectivity index (χ0) is 17.7. The zero-order valence-electron chi connectivity index (χ0n) is 11.4. The van der Waals surface area contributed by atoms with Crippen LogP contribution in [0.2, 0.25) is 0 Å². The second kappa shape index (κ2) is 7.41. The first-order valence-corrected chi connectivity index (χ1v) is 7.31. The number of sulfonamides is 1. The summed E-state index contributed by atoms with van der Waals surface area (Å²) >= 11 is 0. The fourth-order valence-electron chi connectivity index (χ4n) is 0.881. The van der Waals surface area contributed by atoms with Crippen LogP contribution in [0.4, 0.5) is 32.0 Å². The molecule has 0 aliphatic rings. The van der Waals surface area contributed by atoms with Gasteiger partial charge < -0.3 is 9.66 Å². The van der Waals surface area contributed by atoms with Crippen molar-refractivity contribution < 1.29 is 86.3 Å². The number of hydrogen-bond donors (Lipinski definition) is 0. The van der Waals surface area contributed by atoms with Crippen molar-refractivity contribution in [2.24, 2.45) is 8.76 Å². The molecule has 0 heterocycles. The predicted octanol–water partition coefficient (Wildman–Crippen LogP) is -6.50. The van der Waals surface area contributed by atoms with E-state index in [0.29, 0.717) is 0 Å². The van der Waals surface area contributed by atoms with Gasteiger partial charge in [-0.3, -0.25) is 9.00 Å². The smallest absolute Gasteiger partial charge is 0.868 e. The summed E-state index contributed by atoms with van der Waals surface area (Å²) in [6.07, 6.45) is 0. The topological polar surface area (TPSA) is 139 Å². The maximum absolute atomic E-state index is 12.0. The molecule has 18 heteroatoms. The summed E-state index contributed by atoms with van der Waals surface area (Å²) in [5.74, 6) is -2.02. The maximum Gasteiger partial charge on any atom is 1.00 e. The molecule has 24 heavy (non-hydrogen) atoms. The number of rotatable bonds is 2. The molecular weight excluding hydrogens is 388 g/mol. The standard InChI is InChI=1S/C6H2F6N2O6S2.2Li/c7-5(8,9)21(17,18)13-1-2(4(16)3(1)15)14-22(19,20)6(10,11)12;;/h15H,(H,13,17,18);;/q;2*+1/p-2. The van der Waals surface area contributed by atoms with Crippen molar-refractivity contribution >= 4 is 25.7 Å². The van der Waals surface area contributed by atoms with Gasteiger partial charge in [-0.05, 0) is 5.75 Å². The van der Waals surface area contributed by atoms with Gasteiger partial charge in [0.05, 0.1) is 15.7 Å². The van der Waals surface area contributed by atoms with Crippen LogP contribution in [0.3, 0.4) is 0 Å². The zero-order valence-corrected chi connectivity index (χ0v) is 13.1. The molecule has 1 rings (SSSR count). The molecule has 0 bridgehead atoms. The van der Waals surface area contributed by atoms with Crippen LogP contribution in [0.5, 0.6) is 5.75 Å². The molecule has 8 nitrogen and oxygen atoms in total. The Kier molecular flexibility index (Phi) is 7.95. The molecule has 0 saturated carbocycles. The summed E-state index contributed by atoms with van der Waals surface area (Å²) in [6.45, 7) is 0. The van der Waals surface area contributed by atoms with E-state index in [1.165, 1.54) is 0 Å². The molecule has 1 aromatic rings. The van der Waals surface area contributed by atoms with Gasteiger partial charge in [0.25, 0.3) is 0 Å². The minimum atomic E-state index is -6.38. The van der Waals surface area contributed by atoms with Crippen LogP contribution in [-0.2, 0) is 20.0 Å².